The van der Waals surface area contributed by atoms with Gasteiger partial charge in [0.25, 0.3) is 0 Å². The molecule has 1 atom stereocenters. The van der Waals surface area contributed by atoms with Crippen LogP contribution in [0.5, 0.6) is 5.88 Å². The zero-order valence-electron chi connectivity index (χ0n) is 14.6. The van der Waals surface area contributed by atoms with Crippen molar-refractivity contribution in [1.82, 2.24) is 15.2 Å². The molecule has 2 rings (SSSR count). The SMILES string of the molecule is CC(C)Oc1cccc(C2CN(C(=O)OC(C)(C)C)CCN2)n1. The van der Waals surface area contributed by atoms with E-state index in [1.807, 2.05) is 52.8 Å². The fourth-order valence-electron chi connectivity index (χ4n) is 2.37. The number of aromatic nitrogens is 1. The number of hydrogen-bond acceptors (Lipinski definition) is 5. The number of pyridine rings is 1. The molecule has 1 aromatic heterocycles. The molecular formula is C17H27N3O3. The summed E-state index contributed by atoms with van der Waals surface area (Å²) in [5, 5.41) is 3.40. The highest BCUT2D eigenvalue weighted by Gasteiger charge is 2.28. The number of hydrogen-bond donors (Lipinski definition) is 1. The maximum atomic E-state index is 12.2. The molecule has 1 aromatic rings. The Balaban J connectivity index is 2.05. The molecule has 1 aliphatic rings. The van der Waals surface area contributed by atoms with E-state index >= 15 is 0 Å². The first-order valence-electron chi connectivity index (χ1n) is 8.09. The number of amides is 1. The summed E-state index contributed by atoms with van der Waals surface area (Å²) in [4.78, 5) is 18.5. The van der Waals surface area contributed by atoms with E-state index in [1.54, 1.807) is 4.90 Å². The Morgan fingerprint density at radius 3 is 2.78 bits per heavy atom. The van der Waals surface area contributed by atoms with Gasteiger partial charge in [0, 0.05) is 25.7 Å². The second kappa shape index (κ2) is 7.17. The zero-order valence-corrected chi connectivity index (χ0v) is 14.6. The van der Waals surface area contributed by atoms with Crippen LogP contribution in [0.2, 0.25) is 0 Å². The highest BCUT2D eigenvalue weighted by Crippen LogP contribution is 2.20. The first-order valence-corrected chi connectivity index (χ1v) is 8.09. The standard InChI is InChI=1S/C17H27N3O3/c1-12(2)22-15-8-6-7-13(19-15)14-11-20(10-9-18-14)16(21)23-17(3,4)5/h6-8,12,14,18H,9-11H2,1-5H3. The summed E-state index contributed by atoms with van der Waals surface area (Å²) >= 11 is 0. The second-order valence-electron chi connectivity index (χ2n) is 7.00. The summed E-state index contributed by atoms with van der Waals surface area (Å²) in [5.41, 5.74) is 0.386. The monoisotopic (exact) mass is 321 g/mol. The van der Waals surface area contributed by atoms with E-state index in [2.05, 4.69) is 10.3 Å². The molecule has 0 aliphatic carbocycles. The highest BCUT2D eigenvalue weighted by molar-refractivity contribution is 5.68. The molecule has 2 heterocycles. The minimum absolute atomic E-state index is 0.0213. The number of carbonyl (C=O) groups is 1. The lowest BCUT2D eigenvalue weighted by Gasteiger charge is -2.34. The lowest BCUT2D eigenvalue weighted by Crippen LogP contribution is -2.49. The fraction of sp³-hybridized carbons (Fsp3) is 0.647. The third-order valence-electron chi connectivity index (χ3n) is 3.29. The van der Waals surface area contributed by atoms with Crippen LogP contribution in [0.15, 0.2) is 18.2 Å². The van der Waals surface area contributed by atoms with Crippen LogP contribution in [0, 0.1) is 0 Å². The van der Waals surface area contributed by atoms with Gasteiger partial charge in [-0.2, -0.15) is 0 Å². The van der Waals surface area contributed by atoms with Crippen LogP contribution in [-0.4, -0.2) is 47.3 Å². The van der Waals surface area contributed by atoms with Crippen LogP contribution < -0.4 is 10.1 Å². The third-order valence-corrected chi connectivity index (χ3v) is 3.29. The summed E-state index contributed by atoms with van der Waals surface area (Å²) in [7, 11) is 0. The topological polar surface area (TPSA) is 63.7 Å². The average molecular weight is 321 g/mol. The molecule has 1 saturated heterocycles. The Morgan fingerprint density at radius 1 is 1.39 bits per heavy atom. The average Bonchev–Trinajstić information content (AvgIpc) is 2.45. The Labute approximate surface area is 138 Å². The van der Waals surface area contributed by atoms with Gasteiger partial charge in [-0.15, -0.1) is 0 Å². The van der Waals surface area contributed by atoms with E-state index in [0.717, 1.165) is 5.69 Å². The molecule has 0 radical (unpaired) electrons. The minimum Gasteiger partial charge on any atom is -0.475 e. The maximum absolute atomic E-state index is 12.2. The molecule has 0 spiro atoms. The normalized spacial score (nSPS) is 18.9. The van der Waals surface area contributed by atoms with E-state index in [4.69, 9.17) is 9.47 Å². The third kappa shape index (κ3) is 5.39. The van der Waals surface area contributed by atoms with Gasteiger partial charge in [0.1, 0.15) is 5.60 Å². The molecular weight excluding hydrogens is 294 g/mol. The van der Waals surface area contributed by atoms with Crippen molar-refractivity contribution in [3.8, 4) is 5.88 Å². The van der Waals surface area contributed by atoms with Gasteiger partial charge in [0.05, 0.1) is 17.8 Å². The number of nitrogens with zero attached hydrogens (tertiary/aromatic N) is 2. The van der Waals surface area contributed by atoms with E-state index in [1.165, 1.54) is 0 Å². The molecule has 1 fully saturated rings. The second-order valence-corrected chi connectivity index (χ2v) is 7.00. The van der Waals surface area contributed by atoms with E-state index in [9.17, 15) is 4.79 Å². The lowest BCUT2D eigenvalue weighted by molar-refractivity contribution is 0.0193. The molecule has 1 N–H and O–H groups in total. The Kier molecular flexibility index (Phi) is 5.46. The summed E-state index contributed by atoms with van der Waals surface area (Å²) < 4.78 is 11.1. The quantitative estimate of drug-likeness (QED) is 0.927. The van der Waals surface area contributed by atoms with Gasteiger partial charge < -0.3 is 19.7 Å². The first-order chi connectivity index (χ1) is 10.7. The van der Waals surface area contributed by atoms with Gasteiger partial charge >= 0.3 is 6.09 Å². The van der Waals surface area contributed by atoms with Crippen molar-refractivity contribution < 1.29 is 14.3 Å². The van der Waals surface area contributed by atoms with E-state index < -0.39 is 5.60 Å². The molecule has 0 aromatic carbocycles. The Hall–Kier alpha value is -1.82. The van der Waals surface area contributed by atoms with Crippen molar-refractivity contribution in [2.75, 3.05) is 19.6 Å². The molecule has 1 amide bonds. The summed E-state index contributed by atoms with van der Waals surface area (Å²) in [6, 6.07) is 5.70. The molecule has 6 heteroatoms. The smallest absolute Gasteiger partial charge is 0.410 e. The van der Waals surface area contributed by atoms with Crippen molar-refractivity contribution in [2.24, 2.45) is 0 Å². The first kappa shape index (κ1) is 17.5. The molecule has 0 saturated carbocycles. The molecule has 23 heavy (non-hydrogen) atoms. The molecule has 128 valence electrons. The number of ether oxygens (including phenoxy) is 2. The van der Waals surface area contributed by atoms with Crippen LogP contribution >= 0.6 is 0 Å². The van der Waals surface area contributed by atoms with Gasteiger partial charge in [0.2, 0.25) is 5.88 Å². The van der Waals surface area contributed by atoms with Crippen molar-refractivity contribution in [3.05, 3.63) is 23.9 Å². The van der Waals surface area contributed by atoms with Crippen molar-refractivity contribution in [1.29, 1.82) is 0 Å². The van der Waals surface area contributed by atoms with Gasteiger partial charge in [0.15, 0.2) is 0 Å². The van der Waals surface area contributed by atoms with E-state index in [0.29, 0.717) is 25.5 Å². The highest BCUT2D eigenvalue weighted by atomic mass is 16.6. The minimum atomic E-state index is -0.485. The zero-order chi connectivity index (χ0) is 17.0. The summed E-state index contributed by atoms with van der Waals surface area (Å²) in [6.45, 7) is 11.4. The number of carbonyl (C=O) groups excluding carboxylic acids is 1. The maximum Gasteiger partial charge on any atom is 0.410 e. The van der Waals surface area contributed by atoms with Crippen LogP contribution in [0.3, 0.4) is 0 Å². The largest absolute Gasteiger partial charge is 0.475 e. The fourth-order valence-corrected chi connectivity index (χ4v) is 2.37. The van der Waals surface area contributed by atoms with E-state index in [-0.39, 0.29) is 18.2 Å². The van der Waals surface area contributed by atoms with Crippen LogP contribution in [-0.2, 0) is 4.74 Å². The molecule has 1 aliphatic heterocycles. The predicted octanol–water partition coefficient (Wildman–Crippen LogP) is 2.75. The van der Waals surface area contributed by atoms with Gasteiger partial charge in [-0.05, 0) is 40.7 Å². The van der Waals surface area contributed by atoms with Crippen molar-refractivity contribution in [3.63, 3.8) is 0 Å². The van der Waals surface area contributed by atoms with Gasteiger partial charge in [-0.3, -0.25) is 0 Å². The number of piperazine rings is 1. The number of nitrogens with one attached hydrogen (secondary N) is 1. The number of rotatable bonds is 3. The summed E-state index contributed by atoms with van der Waals surface area (Å²) in [6.07, 6.45) is -0.200. The molecule has 6 nitrogen and oxygen atoms in total. The van der Waals surface area contributed by atoms with Gasteiger partial charge in [-0.1, -0.05) is 6.07 Å². The Bertz CT molecular complexity index is 540. The Morgan fingerprint density at radius 2 is 2.13 bits per heavy atom. The van der Waals surface area contributed by atoms with Crippen LogP contribution in [0.25, 0.3) is 0 Å². The molecule has 0 bridgehead atoms. The summed E-state index contributed by atoms with van der Waals surface area (Å²) in [5.74, 6) is 0.605. The predicted molar refractivity (Wildman–Crippen MR) is 88.6 cm³/mol. The van der Waals surface area contributed by atoms with Crippen LogP contribution in [0.4, 0.5) is 4.79 Å². The van der Waals surface area contributed by atoms with Crippen LogP contribution in [0.1, 0.15) is 46.4 Å². The van der Waals surface area contributed by atoms with Crippen molar-refractivity contribution >= 4 is 6.09 Å². The van der Waals surface area contributed by atoms with Crippen molar-refractivity contribution in [2.45, 2.75) is 52.4 Å². The lowest BCUT2D eigenvalue weighted by atomic mass is 10.1. The molecule has 1 unspecified atom stereocenters. The van der Waals surface area contributed by atoms with Gasteiger partial charge in [-0.25, -0.2) is 9.78 Å².